The lowest BCUT2D eigenvalue weighted by atomic mass is 10.1. The number of benzene rings is 1. The summed E-state index contributed by atoms with van der Waals surface area (Å²) in [5, 5.41) is 12.9. The first-order valence-corrected chi connectivity index (χ1v) is 7.07. The van der Waals surface area contributed by atoms with Crippen LogP contribution in [0, 0.1) is 6.92 Å². The van der Waals surface area contributed by atoms with Crippen LogP contribution in [0.15, 0.2) is 23.4 Å². The minimum atomic E-state index is -3.86. The number of hydrogen-bond donors (Lipinski definition) is 2. The van der Waals surface area contributed by atoms with E-state index in [9.17, 15) is 8.42 Å². The van der Waals surface area contributed by atoms with Crippen molar-refractivity contribution < 1.29 is 8.42 Å². The average Bonchev–Trinajstić information content (AvgIpc) is 2.79. The van der Waals surface area contributed by atoms with Gasteiger partial charge in [0.2, 0.25) is 10.0 Å². The molecule has 8 heteroatoms. The number of hydrogen-bond acceptors (Lipinski definition) is 5. The lowest BCUT2D eigenvalue weighted by Gasteiger charge is -2.19. The van der Waals surface area contributed by atoms with E-state index in [-0.39, 0.29) is 4.90 Å². The number of nitrogens with two attached hydrogens (primary N) is 1. The molecule has 1 heterocycles. The number of aromatic amines is 1. The Morgan fingerprint density at radius 3 is 2.47 bits per heavy atom. The van der Waals surface area contributed by atoms with E-state index in [0.29, 0.717) is 22.6 Å². The van der Waals surface area contributed by atoms with E-state index in [1.54, 1.807) is 17.9 Å². The van der Waals surface area contributed by atoms with Gasteiger partial charge in [0, 0.05) is 19.8 Å². The largest absolute Gasteiger partial charge is 0.377 e. The third-order valence-electron chi connectivity index (χ3n) is 2.75. The molecule has 1 aromatic carbocycles. The summed E-state index contributed by atoms with van der Waals surface area (Å²) in [5.41, 5.74) is 1.70. The summed E-state index contributed by atoms with van der Waals surface area (Å²) in [6.07, 6.45) is 1.39. The Kier molecular flexibility index (Phi) is 3.29. The van der Waals surface area contributed by atoms with Gasteiger partial charge in [0.25, 0.3) is 0 Å². The molecule has 0 amide bonds. The van der Waals surface area contributed by atoms with Crippen molar-refractivity contribution in [2.45, 2.75) is 11.8 Å². The maximum atomic E-state index is 11.8. The summed E-state index contributed by atoms with van der Waals surface area (Å²) in [6.45, 7) is 1.69. The zero-order valence-electron chi connectivity index (χ0n) is 10.9. The van der Waals surface area contributed by atoms with Crippen LogP contribution in [0.4, 0.5) is 5.69 Å². The Bertz CT molecular complexity index is 692. The number of aryl methyl sites for hydroxylation is 1. The predicted molar refractivity (Wildman–Crippen MR) is 72.3 cm³/mol. The van der Waals surface area contributed by atoms with Crippen LogP contribution in [0.25, 0.3) is 11.4 Å². The van der Waals surface area contributed by atoms with Crippen LogP contribution in [0.5, 0.6) is 0 Å². The van der Waals surface area contributed by atoms with Crippen molar-refractivity contribution in [2.24, 2.45) is 5.14 Å². The smallest absolute Gasteiger partial charge is 0.239 e. The zero-order valence-corrected chi connectivity index (χ0v) is 11.7. The van der Waals surface area contributed by atoms with Gasteiger partial charge < -0.3 is 9.88 Å². The molecule has 2 aromatic rings. The topological polar surface area (TPSA) is 105 Å². The van der Waals surface area contributed by atoms with Crippen molar-refractivity contribution in [3.8, 4) is 11.4 Å². The molecule has 0 saturated carbocycles. The van der Waals surface area contributed by atoms with E-state index in [4.69, 9.17) is 5.14 Å². The van der Waals surface area contributed by atoms with Crippen LogP contribution < -0.4 is 10.0 Å². The summed E-state index contributed by atoms with van der Waals surface area (Å²) >= 11 is 0. The van der Waals surface area contributed by atoms with Crippen molar-refractivity contribution >= 4 is 15.7 Å². The van der Waals surface area contributed by atoms with Crippen LogP contribution in [-0.2, 0) is 10.0 Å². The minimum absolute atomic E-state index is 0.0652. The van der Waals surface area contributed by atoms with E-state index in [2.05, 4.69) is 15.2 Å². The highest BCUT2D eigenvalue weighted by Crippen LogP contribution is 2.35. The molecule has 0 aliphatic rings. The molecule has 0 spiro atoms. The van der Waals surface area contributed by atoms with E-state index in [0.717, 1.165) is 0 Å². The number of anilines is 1. The minimum Gasteiger partial charge on any atom is -0.377 e. The number of rotatable bonds is 3. The third-order valence-corrected chi connectivity index (χ3v) is 3.85. The maximum absolute atomic E-state index is 11.8. The Morgan fingerprint density at radius 1 is 1.32 bits per heavy atom. The molecule has 0 unspecified atom stereocenters. The van der Waals surface area contributed by atoms with Gasteiger partial charge in [-0.15, -0.1) is 10.2 Å². The second kappa shape index (κ2) is 4.63. The number of primary sulfonamides is 1. The van der Waals surface area contributed by atoms with Crippen molar-refractivity contribution in [3.63, 3.8) is 0 Å². The van der Waals surface area contributed by atoms with Gasteiger partial charge >= 0.3 is 0 Å². The highest BCUT2D eigenvalue weighted by atomic mass is 32.2. The molecule has 0 bridgehead atoms. The first kappa shape index (κ1) is 13.5. The molecule has 3 N–H and O–H groups in total. The van der Waals surface area contributed by atoms with Crippen molar-refractivity contribution in [1.82, 2.24) is 15.2 Å². The SMILES string of the molecule is Cc1ccc(N(C)C)c(-c2nnc[nH]2)c1S(N)(=O)=O. The maximum Gasteiger partial charge on any atom is 0.239 e. The van der Waals surface area contributed by atoms with Gasteiger partial charge in [0.1, 0.15) is 6.33 Å². The standard InChI is InChI=1S/C11H15N5O2S/c1-7-4-5-8(16(2)3)9(10(7)19(12,17)18)11-13-6-14-15-11/h4-6H,1-3H3,(H2,12,17,18)(H,13,14,15). The second-order valence-electron chi connectivity index (χ2n) is 4.38. The molecule has 0 fully saturated rings. The van der Waals surface area contributed by atoms with Crippen molar-refractivity contribution in [1.29, 1.82) is 0 Å². The van der Waals surface area contributed by atoms with E-state index in [1.165, 1.54) is 6.33 Å². The molecular weight excluding hydrogens is 266 g/mol. The summed E-state index contributed by atoms with van der Waals surface area (Å²) < 4.78 is 23.7. The second-order valence-corrected chi connectivity index (χ2v) is 5.88. The zero-order chi connectivity index (χ0) is 14.2. The lowest BCUT2D eigenvalue weighted by Crippen LogP contribution is -2.18. The highest BCUT2D eigenvalue weighted by molar-refractivity contribution is 7.89. The Hall–Kier alpha value is -1.93. The van der Waals surface area contributed by atoms with Crippen molar-refractivity contribution in [2.75, 3.05) is 19.0 Å². The van der Waals surface area contributed by atoms with Crippen LogP contribution in [0.1, 0.15) is 5.56 Å². The van der Waals surface area contributed by atoms with E-state index < -0.39 is 10.0 Å². The van der Waals surface area contributed by atoms with E-state index >= 15 is 0 Å². The van der Waals surface area contributed by atoms with Gasteiger partial charge in [0.05, 0.1) is 10.5 Å². The fourth-order valence-electron chi connectivity index (χ4n) is 1.97. The normalized spacial score (nSPS) is 11.6. The van der Waals surface area contributed by atoms with Crippen LogP contribution in [0.2, 0.25) is 0 Å². The molecule has 0 atom stereocenters. The van der Waals surface area contributed by atoms with Gasteiger partial charge in [-0.3, -0.25) is 0 Å². The number of nitrogens with one attached hydrogen (secondary N) is 1. The van der Waals surface area contributed by atoms with Gasteiger partial charge in [-0.05, 0) is 18.6 Å². The fourth-order valence-corrected chi connectivity index (χ4v) is 2.97. The van der Waals surface area contributed by atoms with E-state index in [1.807, 2.05) is 20.2 Å². The Labute approximate surface area is 111 Å². The Balaban J connectivity index is 2.90. The Morgan fingerprint density at radius 2 is 2.00 bits per heavy atom. The monoisotopic (exact) mass is 281 g/mol. The molecular formula is C11H15N5O2S. The van der Waals surface area contributed by atoms with Gasteiger partial charge in [0.15, 0.2) is 5.82 Å². The van der Waals surface area contributed by atoms with Crippen LogP contribution >= 0.6 is 0 Å². The predicted octanol–water partition coefficient (Wildman–Crippen LogP) is 0.494. The summed E-state index contributed by atoms with van der Waals surface area (Å²) in [6, 6.07) is 3.54. The van der Waals surface area contributed by atoms with Crippen LogP contribution in [0.3, 0.4) is 0 Å². The van der Waals surface area contributed by atoms with Crippen molar-refractivity contribution in [3.05, 3.63) is 24.0 Å². The molecule has 1 aromatic heterocycles. The molecule has 0 saturated heterocycles. The molecule has 102 valence electrons. The lowest BCUT2D eigenvalue weighted by molar-refractivity contribution is 0.597. The quantitative estimate of drug-likeness (QED) is 0.852. The van der Waals surface area contributed by atoms with Crippen LogP contribution in [-0.4, -0.2) is 37.7 Å². The first-order valence-electron chi connectivity index (χ1n) is 5.52. The molecule has 0 radical (unpaired) electrons. The van der Waals surface area contributed by atoms with Gasteiger partial charge in [-0.2, -0.15) is 0 Å². The average molecular weight is 281 g/mol. The molecule has 0 aliphatic carbocycles. The van der Waals surface area contributed by atoms with Gasteiger partial charge in [-0.1, -0.05) is 6.07 Å². The highest BCUT2D eigenvalue weighted by Gasteiger charge is 2.24. The third kappa shape index (κ3) is 2.45. The molecule has 2 rings (SSSR count). The molecule has 7 nitrogen and oxygen atoms in total. The molecule has 0 aliphatic heterocycles. The van der Waals surface area contributed by atoms with Gasteiger partial charge in [-0.25, -0.2) is 13.6 Å². The summed E-state index contributed by atoms with van der Waals surface area (Å²) in [5.74, 6) is 0.372. The summed E-state index contributed by atoms with van der Waals surface area (Å²) in [7, 11) is -0.227. The fraction of sp³-hybridized carbons (Fsp3) is 0.273. The first-order chi connectivity index (χ1) is 8.82. The molecule has 19 heavy (non-hydrogen) atoms. The number of nitrogens with zero attached hydrogens (tertiary/aromatic N) is 3. The summed E-state index contributed by atoms with van der Waals surface area (Å²) in [4.78, 5) is 4.68. The number of aromatic nitrogens is 3. The number of sulfonamides is 1. The number of H-pyrrole nitrogens is 1.